The Morgan fingerprint density at radius 2 is 2.17 bits per heavy atom. The van der Waals surface area contributed by atoms with Crippen LogP contribution in [0.3, 0.4) is 0 Å². The number of nitrogens with zero attached hydrogens (tertiary/aromatic N) is 1. The first-order valence-corrected chi connectivity index (χ1v) is 6.83. The molecule has 0 aromatic carbocycles. The molecule has 2 fully saturated rings. The molecule has 18 heavy (non-hydrogen) atoms. The molecular weight excluding hydrogens is 230 g/mol. The normalized spacial score (nSPS) is 25.3. The lowest BCUT2D eigenvalue weighted by atomic mass is 10.1. The fourth-order valence-electron chi connectivity index (χ4n) is 2.69. The summed E-state index contributed by atoms with van der Waals surface area (Å²) in [6.45, 7) is 4.29. The number of fused-ring (bicyclic) bond motifs is 2. The third-order valence-electron chi connectivity index (χ3n) is 3.69. The largest absolute Gasteiger partial charge is 0.459 e. The molecule has 0 saturated carbocycles. The number of allylic oxidation sites excluding steroid dienone is 1. The van der Waals surface area contributed by atoms with Gasteiger partial charge < -0.3 is 9.64 Å². The van der Waals surface area contributed by atoms with Crippen molar-refractivity contribution in [2.24, 2.45) is 0 Å². The summed E-state index contributed by atoms with van der Waals surface area (Å²) >= 11 is 0. The van der Waals surface area contributed by atoms with Crippen molar-refractivity contribution >= 4 is 11.9 Å². The highest BCUT2D eigenvalue weighted by Crippen LogP contribution is 2.29. The summed E-state index contributed by atoms with van der Waals surface area (Å²) in [5.74, 6) is -0.103. The number of esters is 1. The van der Waals surface area contributed by atoms with Crippen LogP contribution >= 0.6 is 0 Å². The molecule has 0 aromatic heterocycles. The average molecular weight is 251 g/mol. The molecule has 1 amide bonds. The van der Waals surface area contributed by atoms with Gasteiger partial charge in [0.05, 0.1) is 6.54 Å². The molecule has 100 valence electrons. The van der Waals surface area contributed by atoms with Crippen molar-refractivity contribution < 1.29 is 14.3 Å². The third kappa shape index (κ3) is 2.92. The first-order chi connectivity index (χ1) is 8.72. The van der Waals surface area contributed by atoms with Crippen molar-refractivity contribution in [2.75, 3.05) is 6.54 Å². The Morgan fingerprint density at radius 3 is 2.83 bits per heavy atom. The fourth-order valence-corrected chi connectivity index (χ4v) is 2.69. The van der Waals surface area contributed by atoms with Crippen LogP contribution < -0.4 is 0 Å². The van der Waals surface area contributed by atoms with E-state index < -0.39 is 0 Å². The first kappa shape index (κ1) is 13.1. The summed E-state index contributed by atoms with van der Waals surface area (Å²) < 4.78 is 5.07. The SMILES string of the molecule is C=CCCCCCCC(=O)N1CC2CC1C(=O)O2. The van der Waals surface area contributed by atoms with Crippen LogP contribution in [-0.2, 0) is 14.3 Å². The van der Waals surface area contributed by atoms with E-state index in [-0.39, 0.29) is 24.0 Å². The maximum atomic E-state index is 12.0. The summed E-state index contributed by atoms with van der Waals surface area (Å²) in [7, 11) is 0. The van der Waals surface area contributed by atoms with Gasteiger partial charge in [-0.15, -0.1) is 6.58 Å². The van der Waals surface area contributed by atoms with E-state index >= 15 is 0 Å². The minimum Gasteiger partial charge on any atom is -0.459 e. The van der Waals surface area contributed by atoms with Crippen LogP contribution in [0.4, 0.5) is 0 Å². The van der Waals surface area contributed by atoms with Gasteiger partial charge in [0.15, 0.2) is 0 Å². The van der Waals surface area contributed by atoms with E-state index in [9.17, 15) is 9.59 Å². The zero-order valence-electron chi connectivity index (χ0n) is 10.8. The maximum absolute atomic E-state index is 12.0. The molecule has 4 heteroatoms. The van der Waals surface area contributed by atoms with E-state index in [4.69, 9.17) is 4.74 Å². The van der Waals surface area contributed by atoms with E-state index in [1.165, 1.54) is 0 Å². The Balaban J connectivity index is 1.63. The molecule has 4 nitrogen and oxygen atoms in total. The van der Waals surface area contributed by atoms with Crippen LogP contribution in [0.1, 0.15) is 44.9 Å². The number of hydrogen-bond acceptors (Lipinski definition) is 3. The van der Waals surface area contributed by atoms with Gasteiger partial charge >= 0.3 is 5.97 Å². The van der Waals surface area contributed by atoms with Crippen molar-refractivity contribution in [1.29, 1.82) is 0 Å². The molecule has 0 radical (unpaired) electrons. The molecule has 0 spiro atoms. The van der Waals surface area contributed by atoms with E-state index in [0.29, 0.717) is 19.4 Å². The van der Waals surface area contributed by atoms with Gasteiger partial charge in [0, 0.05) is 12.8 Å². The van der Waals surface area contributed by atoms with Crippen LogP contribution in [0.2, 0.25) is 0 Å². The van der Waals surface area contributed by atoms with Crippen molar-refractivity contribution in [3.05, 3.63) is 12.7 Å². The molecule has 2 rings (SSSR count). The van der Waals surface area contributed by atoms with Crippen LogP contribution in [0.25, 0.3) is 0 Å². The second-order valence-corrected chi connectivity index (χ2v) is 5.10. The Morgan fingerprint density at radius 1 is 1.39 bits per heavy atom. The molecule has 2 aliphatic rings. The molecule has 0 N–H and O–H groups in total. The highest BCUT2D eigenvalue weighted by Gasteiger charge is 2.47. The van der Waals surface area contributed by atoms with Gasteiger partial charge in [0.1, 0.15) is 12.1 Å². The monoisotopic (exact) mass is 251 g/mol. The molecule has 2 saturated heterocycles. The number of carbonyl (C=O) groups excluding carboxylic acids is 2. The lowest BCUT2D eigenvalue weighted by molar-refractivity contribution is -0.157. The molecular formula is C14H21NO3. The number of amides is 1. The summed E-state index contributed by atoms with van der Waals surface area (Å²) in [5, 5.41) is 0. The van der Waals surface area contributed by atoms with Gasteiger partial charge in [0.2, 0.25) is 5.91 Å². The van der Waals surface area contributed by atoms with E-state index in [1.807, 2.05) is 6.08 Å². The summed E-state index contributed by atoms with van der Waals surface area (Å²) in [6, 6.07) is -0.289. The minimum absolute atomic E-state index is 0.0426. The minimum atomic E-state index is -0.289. The van der Waals surface area contributed by atoms with Crippen molar-refractivity contribution in [2.45, 2.75) is 57.1 Å². The number of likely N-dealkylation sites (tertiary alicyclic amines) is 1. The Kier molecular flexibility index (Phi) is 4.39. The second kappa shape index (κ2) is 6.03. The van der Waals surface area contributed by atoms with Gasteiger partial charge in [0.25, 0.3) is 0 Å². The predicted molar refractivity (Wildman–Crippen MR) is 67.9 cm³/mol. The van der Waals surface area contributed by atoms with Gasteiger partial charge in [-0.1, -0.05) is 18.9 Å². The third-order valence-corrected chi connectivity index (χ3v) is 3.69. The lowest BCUT2D eigenvalue weighted by Crippen LogP contribution is -2.44. The highest BCUT2D eigenvalue weighted by molar-refractivity contribution is 5.87. The van der Waals surface area contributed by atoms with Gasteiger partial charge in [-0.3, -0.25) is 4.79 Å². The van der Waals surface area contributed by atoms with Crippen LogP contribution in [0.15, 0.2) is 12.7 Å². The number of ether oxygens (including phenoxy) is 1. The Labute approximate surface area is 108 Å². The Hall–Kier alpha value is -1.32. The second-order valence-electron chi connectivity index (χ2n) is 5.10. The quantitative estimate of drug-likeness (QED) is 0.395. The molecule has 0 aromatic rings. The van der Waals surface area contributed by atoms with Crippen molar-refractivity contribution in [3.8, 4) is 0 Å². The molecule has 2 atom stereocenters. The summed E-state index contributed by atoms with van der Waals surface area (Å²) in [5.41, 5.74) is 0. The van der Waals surface area contributed by atoms with Crippen molar-refractivity contribution in [1.82, 2.24) is 4.90 Å². The number of carbonyl (C=O) groups is 2. The molecule has 2 bridgehead atoms. The predicted octanol–water partition coefficient (Wildman–Crippen LogP) is 2.04. The lowest BCUT2D eigenvalue weighted by Gasteiger charge is -2.25. The van der Waals surface area contributed by atoms with Crippen LogP contribution in [0.5, 0.6) is 0 Å². The van der Waals surface area contributed by atoms with E-state index in [2.05, 4.69) is 6.58 Å². The number of morpholine rings is 1. The Bertz CT molecular complexity index is 340. The number of unbranched alkanes of at least 4 members (excludes halogenated alkanes) is 4. The standard InChI is InChI=1S/C14H21NO3/c1-2-3-4-5-6-7-8-13(16)15-10-11-9-12(15)14(17)18-11/h2,11-12H,1,3-10H2. The highest BCUT2D eigenvalue weighted by atomic mass is 16.6. The maximum Gasteiger partial charge on any atom is 0.329 e. The molecule has 0 aliphatic carbocycles. The summed E-state index contributed by atoms with van der Waals surface area (Å²) in [6.07, 6.45) is 8.48. The summed E-state index contributed by atoms with van der Waals surface area (Å²) in [4.78, 5) is 25.1. The fraction of sp³-hybridized carbons (Fsp3) is 0.714. The molecule has 2 aliphatic heterocycles. The van der Waals surface area contributed by atoms with Crippen molar-refractivity contribution in [3.63, 3.8) is 0 Å². The topological polar surface area (TPSA) is 46.6 Å². The smallest absolute Gasteiger partial charge is 0.329 e. The van der Waals surface area contributed by atoms with E-state index in [1.54, 1.807) is 4.90 Å². The zero-order chi connectivity index (χ0) is 13.0. The first-order valence-electron chi connectivity index (χ1n) is 6.83. The average Bonchev–Trinajstić information content (AvgIpc) is 2.92. The zero-order valence-corrected chi connectivity index (χ0v) is 10.8. The van der Waals surface area contributed by atoms with Crippen LogP contribution in [-0.4, -0.2) is 35.5 Å². The molecule has 2 unspecified atom stereocenters. The number of rotatable bonds is 7. The molecule has 2 heterocycles. The number of hydrogen-bond donors (Lipinski definition) is 0. The van der Waals surface area contributed by atoms with Gasteiger partial charge in [-0.05, 0) is 19.3 Å². The van der Waals surface area contributed by atoms with Gasteiger partial charge in [-0.25, -0.2) is 4.79 Å². The van der Waals surface area contributed by atoms with E-state index in [0.717, 1.165) is 32.1 Å². The van der Waals surface area contributed by atoms with Gasteiger partial charge in [-0.2, -0.15) is 0 Å². The van der Waals surface area contributed by atoms with Crippen LogP contribution in [0, 0.1) is 0 Å².